The summed E-state index contributed by atoms with van der Waals surface area (Å²) in [5.41, 5.74) is 1.66. The first kappa shape index (κ1) is 24.5. The number of hydrogen-bond donors (Lipinski definition) is 3. The van der Waals surface area contributed by atoms with Crippen molar-refractivity contribution < 1.29 is 14.3 Å². The van der Waals surface area contributed by atoms with Crippen molar-refractivity contribution in [2.24, 2.45) is 4.99 Å². The second-order valence-corrected chi connectivity index (χ2v) is 5.92. The van der Waals surface area contributed by atoms with Gasteiger partial charge in [-0.1, -0.05) is 12.1 Å². The summed E-state index contributed by atoms with van der Waals surface area (Å²) in [4.78, 5) is 16.1. The van der Waals surface area contributed by atoms with E-state index in [4.69, 9.17) is 9.47 Å². The first-order valence-corrected chi connectivity index (χ1v) is 9.26. The summed E-state index contributed by atoms with van der Waals surface area (Å²) in [6.45, 7) is 4.43. The third kappa shape index (κ3) is 8.59. The van der Waals surface area contributed by atoms with Gasteiger partial charge >= 0.3 is 0 Å². The van der Waals surface area contributed by atoms with Crippen LogP contribution in [0.15, 0.2) is 53.5 Å². The second kappa shape index (κ2) is 13.6. The maximum Gasteiger partial charge on any atom is 0.251 e. The van der Waals surface area contributed by atoms with Crippen molar-refractivity contribution in [3.8, 4) is 11.5 Å². The Labute approximate surface area is 189 Å². The predicted molar refractivity (Wildman–Crippen MR) is 127 cm³/mol. The molecule has 0 bridgehead atoms. The van der Waals surface area contributed by atoms with E-state index < -0.39 is 0 Å². The average molecular weight is 512 g/mol. The molecule has 0 atom stereocenters. The molecule has 0 aliphatic carbocycles. The maximum atomic E-state index is 11.6. The highest BCUT2D eigenvalue weighted by molar-refractivity contribution is 14.0. The summed E-state index contributed by atoms with van der Waals surface area (Å²) in [5, 5.41) is 9.06. The van der Waals surface area contributed by atoms with Crippen molar-refractivity contribution in [1.29, 1.82) is 0 Å². The van der Waals surface area contributed by atoms with Gasteiger partial charge in [0.1, 0.15) is 18.1 Å². The molecule has 0 aliphatic heterocycles. The Morgan fingerprint density at radius 2 is 1.66 bits per heavy atom. The highest BCUT2D eigenvalue weighted by Crippen LogP contribution is 2.16. The lowest BCUT2D eigenvalue weighted by Crippen LogP contribution is -2.39. The number of guanidine groups is 1. The van der Waals surface area contributed by atoms with Crippen LogP contribution in [0.5, 0.6) is 11.5 Å². The molecule has 0 spiro atoms. The molecule has 0 unspecified atom stereocenters. The number of halogens is 1. The van der Waals surface area contributed by atoms with E-state index in [1.807, 2.05) is 43.3 Å². The monoisotopic (exact) mass is 512 g/mol. The minimum Gasteiger partial charge on any atom is -0.497 e. The zero-order valence-electron chi connectivity index (χ0n) is 17.0. The summed E-state index contributed by atoms with van der Waals surface area (Å²) in [6.07, 6.45) is 0. The van der Waals surface area contributed by atoms with Crippen LogP contribution in [0, 0.1) is 0 Å². The molecule has 8 heteroatoms. The topological polar surface area (TPSA) is 84.0 Å². The molecule has 0 fully saturated rings. The third-order valence-electron chi connectivity index (χ3n) is 3.93. The van der Waals surface area contributed by atoms with Crippen LogP contribution in [0.3, 0.4) is 0 Å². The van der Waals surface area contributed by atoms with Gasteiger partial charge in [0.25, 0.3) is 5.91 Å². The fraction of sp³-hybridized carbons (Fsp3) is 0.333. The number of amides is 1. The van der Waals surface area contributed by atoms with Gasteiger partial charge in [0.2, 0.25) is 0 Å². The lowest BCUT2D eigenvalue weighted by Gasteiger charge is -2.12. The van der Waals surface area contributed by atoms with Crippen molar-refractivity contribution >= 4 is 35.8 Å². The van der Waals surface area contributed by atoms with Crippen LogP contribution in [0.2, 0.25) is 0 Å². The van der Waals surface area contributed by atoms with Crippen LogP contribution < -0.4 is 25.4 Å². The molecule has 0 aliphatic rings. The smallest absolute Gasteiger partial charge is 0.251 e. The minimum absolute atomic E-state index is 0. The van der Waals surface area contributed by atoms with E-state index in [1.54, 1.807) is 26.3 Å². The Kier molecular flexibility index (Phi) is 11.6. The van der Waals surface area contributed by atoms with Gasteiger partial charge in [0.05, 0.1) is 20.2 Å². The Hall–Kier alpha value is -2.49. The summed E-state index contributed by atoms with van der Waals surface area (Å²) >= 11 is 0. The van der Waals surface area contributed by atoms with Crippen LogP contribution >= 0.6 is 24.0 Å². The fourth-order valence-electron chi connectivity index (χ4n) is 2.43. The molecule has 7 nitrogen and oxygen atoms in total. The van der Waals surface area contributed by atoms with E-state index in [2.05, 4.69) is 20.9 Å². The summed E-state index contributed by atoms with van der Waals surface area (Å²) in [6, 6.07) is 14.9. The van der Waals surface area contributed by atoms with Gasteiger partial charge < -0.3 is 25.4 Å². The maximum absolute atomic E-state index is 11.6. The fourth-order valence-corrected chi connectivity index (χ4v) is 2.43. The van der Waals surface area contributed by atoms with Crippen molar-refractivity contribution in [2.45, 2.75) is 13.5 Å². The van der Waals surface area contributed by atoms with Crippen LogP contribution in [0.1, 0.15) is 22.8 Å². The molecule has 0 heterocycles. The molecule has 158 valence electrons. The number of carbonyl (C=O) groups excluding carboxylic acids is 1. The number of nitrogens with one attached hydrogen (secondary N) is 3. The van der Waals surface area contributed by atoms with Crippen molar-refractivity contribution in [2.75, 3.05) is 33.9 Å². The highest BCUT2D eigenvalue weighted by atomic mass is 127. The standard InChI is InChI=1S/C21H28N4O3.HI/c1-4-23-21(24-13-14-28-19-11-9-18(27-3)10-12-19)25-15-16-5-7-17(8-6-16)20(26)22-2;/h5-12H,4,13-15H2,1-3H3,(H,22,26)(H2,23,24,25);1H. The Balaban J connectivity index is 0.00000420. The highest BCUT2D eigenvalue weighted by Gasteiger charge is 2.03. The van der Waals surface area contributed by atoms with Gasteiger partial charge in [0, 0.05) is 19.2 Å². The quantitative estimate of drug-likeness (QED) is 0.208. The molecule has 2 aromatic rings. The minimum atomic E-state index is -0.0954. The Bertz CT molecular complexity index is 765. The van der Waals surface area contributed by atoms with Crippen LogP contribution in [-0.2, 0) is 6.54 Å². The lowest BCUT2D eigenvalue weighted by molar-refractivity contribution is 0.0963. The summed E-state index contributed by atoms with van der Waals surface area (Å²) in [7, 11) is 3.25. The molecule has 0 saturated carbocycles. The van der Waals surface area contributed by atoms with Crippen LogP contribution in [0.25, 0.3) is 0 Å². The zero-order valence-corrected chi connectivity index (χ0v) is 19.4. The number of benzene rings is 2. The molecule has 29 heavy (non-hydrogen) atoms. The van der Waals surface area contributed by atoms with Crippen molar-refractivity contribution in [1.82, 2.24) is 16.0 Å². The number of nitrogens with zero attached hydrogens (tertiary/aromatic N) is 1. The molecular formula is C21H29IN4O3. The Morgan fingerprint density at radius 1 is 1.00 bits per heavy atom. The van der Waals surface area contributed by atoms with E-state index in [0.29, 0.717) is 25.3 Å². The normalized spacial score (nSPS) is 10.5. The van der Waals surface area contributed by atoms with E-state index in [1.165, 1.54) is 0 Å². The Morgan fingerprint density at radius 3 is 2.24 bits per heavy atom. The van der Waals surface area contributed by atoms with Crippen LogP contribution in [-0.4, -0.2) is 45.7 Å². The first-order chi connectivity index (χ1) is 13.7. The van der Waals surface area contributed by atoms with Gasteiger partial charge in [-0.3, -0.25) is 4.79 Å². The average Bonchev–Trinajstić information content (AvgIpc) is 2.75. The molecule has 3 N–H and O–H groups in total. The SMILES string of the molecule is CCNC(=NCc1ccc(C(=O)NC)cc1)NCCOc1ccc(OC)cc1.I. The second-order valence-electron chi connectivity index (χ2n) is 5.92. The van der Waals surface area contributed by atoms with Crippen molar-refractivity contribution in [3.63, 3.8) is 0 Å². The molecule has 0 saturated heterocycles. The van der Waals surface area contributed by atoms with E-state index in [0.717, 1.165) is 29.6 Å². The molecule has 0 aromatic heterocycles. The van der Waals surface area contributed by atoms with Crippen LogP contribution in [0.4, 0.5) is 0 Å². The predicted octanol–water partition coefficient (Wildman–Crippen LogP) is 2.81. The zero-order chi connectivity index (χ0) is 20.2. The molecule has 0 radical (unpaired) electrons. The molecule has 2 rings (SSSR count). The number of hydrogen-bond acceptors (Lipinski definition) is 4. The lowest BCUT2D eigenvalue weighted by atomic mass is 10.1. The van der Waals surface area contributed by atoms with E-state index in [-0.39, 0.29) is 29.9 Å². The third-order valence-corrected chi connectivity index (χ3v) is 3.93. The number of methoxy groups -OCH3 is 1. The van der Waals surface area contributed by atoms with E-state index in [9.17, 15) is 4.79 Å². The van der Waals surface area contributed by atoms with Gasteiger partial charge in [-0.15, -0.1) is 24.0 Å². The number of ether oxygens (including phenoxy) is 2. The van der Waals surface area contributed by atoms with Gasteiger partial charge in [-0.2, -0.15) is 0 Å². The number of rotatable bonds is 9. The number of carbonyl (C=O) groups is 1. The first-order valence-electron chi connectivity index (χ1n) is 9.26. The van der Waals surface area contributed by atoms with E-state index >= 15 is 0 Å². The summed E-state index contributed by atoms with van der Waals surface area (Å²) < 4.78 is 10.8. The van der Waals surface area contributed by atoms with Crippen molar-refractivity contribution in [3.05, 3.63) is 59.7 Å². The largest absolute Gasteiger partial charge is 0.497 e. The molecular weight excluding hydrogens is 483 g/mol. The number of aliphatic imine (C=N–C) groups is 1. The molecule has 1 amide bonds. The van der Waals surface area contributed by atoms with Gasteiger partial charge in [-0.05, 0) is 48.9 Å². The van der Waals surface area contributed by atoms with Gasteiger partial charge in [0.15, 0.2) is 5.96 Å². The summed E-state index contributed by atoms with van der Waals surface area (Å²) in [5.74, 6) is 2.22. The van der Waals surface area contributed by atoms with Gasteiger partial charge in [-0.25, -0.2) is 4.99 Å². The molecule has 2 aromatic carbocycles.